The number of thioether (sulfide) groups is 1. The number of hydrogen-bond acceptors (Lipinski definition) is 3. The first-order valence-electron chi connectivity index (χ1n) is 8.41. The molecule has 0 aromatic carbocycles. The SMILES string of the molecule is CSC1(CNC(=O)N2CC[C@H]3CCCC[C@@H]32)CCOCC1. The monoisotopic (exact) mass is 312 g/mol. The van der Waals surface area contributed by atoms with Gasteiger partial charge in [0.05, 0.1) is 0 Å². The van der Waals surface area contributed by atoms with Gasteiger partial charge in [0.1, 0.15) is 0 Å². The molecule has 2 atom stereocenters. The number of nitrogens with zero attached hydrogens (tertiary/aromatic N) is 1. The van der Waals surface area contributed by atoms with Crippen molar-refractivity contribution >= 4 is 17.8 Å². The zero-order valence-corrected chi connectivity index (χ0v) is 13.9. The summed E-state index contributed by atoms with van der Waals surface area (Å²) in [5.41, 5.74) is 0. The van der Waals surface area contributed by atoms with E-state index >= 15 is 0 Å². The zero-order valence-electron chi connectivity index (χ0n) is 13.1. The molecule has 0 unspecified atom stereocenters. The predicted octanol–water partition coefficient (Wildman–Crippen LogP) is 2.87. The van der Waals surface area contributed by atoms with Crippen molar-refractivity contribution in [3.05, 3.63) is 0 Å². The minimum absolute atomic E-state index is 0.171. The molecule has 3 rings (SSSR count). The van der Waals surface area contributed by atoms with Crippen LogP contribution < -0.4 is 5.32 Å². The molecule has 2 amide bonds. The molecule has 21 heavy (non-hydrogen) atoms. The number of carbonyl (C=O) groups is 1. The second-order valence-electron chi connectivity index (χ2n) is 6.75. The minimum Gasteiger partial charge on any atom is -0.381 e. The molecule has 1 saturated carbocycles. The summed E-state index contributed by atoms with van der Waals surface area (Å²) in [4.78, 5) is 14.7. The largest absolute Gasteiger partial charge is 0.381 e. The Balaban J connectivity index is 1.54. The number of carbonyl (C=O) groups excluding carboxylic acids is 1. The van der Waals surface area contributed by atoms with Gasteiger partial charge in [-0.25, -0.2) is 4.79 Å². The van der Waals surface area contributed by atoms with Gasteiger partial charge in [-0.1, -0.05) is 12.8 Å². The van der Waals surface area contributed by atoms with Gasteiger partial charge in [-0.3, -0.25) is 0 Å². The van der Waals surface area contributed by atoms with E-state index in [1.54, 1.807) is 0 Å². The summed E-state index contributed by atoms with van der Waals surface area (Å²) in [7, 11) is 0. The van der Waals surface area contributed by atoms with Gasteiger partial charge in [0.15, 0.2) is 0 Å². The topological polar surface area (TPSA) is 41.6 Å². The van der Waals surface area contributed by atoms with Gasteiger partial charge in [-0.05, 0) is 44.3 Å². The first-order valence-corrected chi connectivity index (χ1v) is 9.64. The van der Waals surface area contributed by atoms with Gasteiger partial charge in [0, 0.05) is 37.1 Å². The Bertz CT molecular complexity index is 371. The normalized spacial score (nSPS) is 31.8. The standard InChI is InChI=1S/C16H28N2O2S/c1-21-16(7-10-20-11-8-16)12-17-15(19)18-9-6-13-4-2-3-5-14(13)18/h13-14H,2-12H2,1H3,(H,17,19)/t13-,14+/m1/s1. The third kappa shape index (κ3) is 3.34. The predicted molar refractivity (Wildman–Crippen MR) is 86.8 cm³/mol. The van der Waals surface area contributed by atoms with E-state index in [-0.39, 0.29) is 10.8 Å². The van der Waals surface area contributed by atoms with Crippen LogP contribution in [-0.4, -0.2) is 54.3 Å². The molecule has 4 nitrogen and oxygen atoms in total. The van der Waals surface area contributed by atoms with Gasteiger partial charge < -0.3 is 15.0 Å². The Kier molecular flexibility index (Phi) is 4.99. The number of amides is 2. The fourth-order valence-corrected chi connectivity index (χ4v) is 4.98. The molecular weight excluding hydrogens is 284 g/mol. The van der Waals surface area contributed by atoms with Crippen LogP contribution in [0.3, 0.4) is 0 Å². The lowest BCUT2D eigenvalue weighted by Crippen LogP contribution is -2.50. The molecule has 0 aromatic heterocycles. The molecule has 0 aromatic rings. The molecule has 3 fully saturated rings. The van der Waals surface area contributed by atoms with Crippen molar-refractivity contribution in [1.82, 2.24) is 10.2 Å². The smallest absolute Gasteiger partial charge is 0.317 e. The number of rotatable bonds is 3. The van der Waals surface area contributed by atoms with E-state index in [0.29, 0.717) is 6.04 Å². The average Bonchev–Trinajstić information content (AvgIpc) is 2.98. The maximum atomic E-state index is 12.6. The summed E-state index contributed by atoms with van der Waals surface area (Å²) in [5.74, 6) is 0.766. The van der Waals surface area contributed by atoms with Gasteiger partial charge in [-0.15, -0.1) is 0 Å². The van der Waals surface area contributed by atoms with Crippen molar-refractivity contribution in [3.8, 4) is 0 Å². The lowest BCUT2D eigenvalue weighted by atomic mass is 9.85. The highest BCUT2D eigenvalue weighted by Crippen LogP contribution is 2.36. The first-order chi connectivity index (χ1) is 10.2. The van der Waals surface area contributed by atoms with Crippen LogP contribution in [0.15, 0.2) is 0 Å². The Morgan fingerprint density at radius 2 is 2.05 bits per heavy atom. The van der Waals surface area contributed by atoms with Crippen molar-refractivity contribution < 1.29 is 9.53 Å². The maximum Gasteiger partial charge on any atom is 0.317 e. The molecule has 120 valence electrons. The van der Waals surface area contributed by atoms with Crippen LogP contribution in [0, 0.1) is 5.92 Å². The van der Waals surface area contributed by atoms with Crippen LogP contribution in [0.5, 0.6) is 0 Å². The average molecular weight is 312 g/mol. The Morgan fingerprint density at radius 3 is 2.81 bits per heavy atom. The molecule has 2 aliphatic heterocycles. The molecular formula is C16H28N2O2S. The van der Waals surface area contributed by atoms with Crippen molar-refractivity contribution in [2.75, 3.05) is 32.6 Å². The molecule has 5 heteroatoms. The number of nitrogens with one attached hydrogen (secondary N) is 1. The number of fused-ring (bicyclic) bond motifs is 1. The molecule has 0 radical (unpaired) electrons. The maximum absolute atomic E-state index is 12.6. The highest BCUT2D eigenvalue weighted by atomic mass is 32.2. The molecule has 2 heterocycles. The summed E-state index contributed by atoms with van der Waals surface area (Å²) < 4.78 is 5.65. The van der Waals surface area contributed by atoms with Gasteiger partial charge in [0.2, 0.25) is 0 Å². The van der Waals surface area contributed by atoms with E-state index in [0.717, 1.165) is 45.1 Å². The number of urea groups is 1. The van der Waals surface area contributed by atoms with Gasteiger partial charge >= 0.3 is 6.03 Å². The van der Waals surface area contributed by atoms with Gasteiger partial charge in [-0.2, -0.15) is 11.8 Å². The fourth-order valence-electron chi connectivity index (χ4n) is 4.19. The third-order valence-corrected chi connectivity index (χ3v) is 7.09. The first kappa shape index (κ1) is 15.5. The fraction of sp³-hybridized carbons (Fsp3) is 0.938. The summed E-state index contributed by atoms with van der Waals surface area (Å²) in [5, 5.41) is 3.23. The summed E-state index contributed by atoms with van der Waals surface area (Å²) in [6, 6.07) is 0.683. The second-order valence-corrected chi connectivity index (χ2v) is 8.03. The van der Waals surface area contributed by atoms with Crippen LogP contribution in [0.25, 0.3) is 0 Å². The van der Waals surface area contributed by atoms with Crippen LogP contribution in [0.4, 0.5) is 4.79 Å². The van der Waals surface area contributed by atoms with Crippen LogP contribution >= 0.6 is 11.8 Å². The third-order valence-electron chi connectivity index (χ3n) is 5.67. The molecule has 3 aliphatic rings. The van der Waals surface area contributed by atoms with Crippen LogP contribution in [0.2, 0.25) is 0 Å². The summed E-state index contributed by atoms with van der Waals surface area (Å²) in [6.45, 7) is 3.39. The highest BCUT2D eigenvalue weighted by molar-refractivity contribution is 8.00. The summed E-state index contributed by atoms with van der Waals surface area (Å²) in [6.07, 6.45) is 10.6. The lowest BCUT2D eigenvalue weighted by Gasteiger charge is -2.37. The van der Waals surface area contributed by atoms with Crippen molar-refractivity contribution in [2.45, 2.75) is 55.7 Å². The molecule has 0 spiro atoms. The Labute approximate surface area is 132 Å². The van der Waals surface area contributed by atoms with Crippen molar-refractivity contribution in [1.29, 1.82) is 0 Å². The van der Waals surface area contributed by atoms with E-state index in [1.807, 2.05) is 11.8 Å². The van der Waals surface area contributed by atoms with Crippen molar-refractivity contribution in [3.63, 3.8) is 0 Å². The van der Waals surface area contributed by atoms with E-state index in [9.17, 15) is 4.79 Å². The molecule has 1 aliphatic carbocycles. The van der Waals surface area contributed by atoms with Crippen LogP contribution in [-0.2, 0) is 4.74 Å². The number of hydrogen-bond donors (Lipinski definition) is 1. The van der Waals surface area contributed by atoms with Crippen molar-refractivity contribution in [2.24, 2.45) is 5.92 Å². The summed E-state index contributed by atoms with van der Waals surface area (Å²) >= 11 is 1.89. The second kappa shape index (κ2) is 6.78. The lowest BCUT2D eigenvalue weighted by molar-refractivity contribution is 0.0770. The van der Waals surface area contributed by atoms with E-state index in [4.69, 9.17) is 4.74 Å². The Hall–Kier alpha value is -0.420. The Morgan fingerprint density at radius 1 is 1.29 bits per heavy atom. The van der Waals surface area contributed by atoms with Crippen LogP contribution in [0.1, 0.15) is 44.9 Å². The molecule has 1 N–H and O–H groups in total. The molecule has 0 bridgehead atoms. The quantitative estimate of drug-likeness (QED) is 0.871. The van der Waals surface area contributed by atoms with E-state index < -0.39 is 0 Å². The van der Waals surface area contributed by atoms with E-state index in [1.165, 1.54) is 32.1 Å². The number of ether oxygens (including phenoxy) is 1. The molecule has 2 saturated heterocycles. The van der Waals surface area contributed by atoms with E-state index in [2.05, 4.69) is 16.5 Å². The van der Waals surface area contributed by atoms with Gasteiger partial charge in [0.25, 0.3) is 0 Å². The highest BCUT2D eigenvalue weighted by Gasteiger charge is 2.39. The zero-order chi connectivity index (χ0) is 14.7. The minimum atomic E-state index is 0.171. The number of likely N-dealkylation sites (tertiary alicyclic amines) is 1.